The van der Waals surface area contributed by atoms with Gasteiger partial charge < -0.3 is 4.98 Å². The number of amides is 1. The molecule has 0 unspecified atom stereocenters. The first-order chi connectivity index (χ1) is 12.6. The first-order valence-corrected chi connectivity index (χ1v) is 8.20. The maximum absolute atomic E-state index is 12.2. The molecule has 130 valence electrons. The number of non-ortho nitro benzene ring substituents is 1. The predicted molar refractivity (Wildman–Crippen MR) is 96.1 cm³/mol. The lowest BCUT2D eigenvalue weighted by molar-refractivity contribution is -0.384. The van der Waals surface area contributed by atoms with Gasteiger partial charge in [0, 0.05) is 41.0 Å². The van der Waals surface area contributed by atoms with Crippen molar-refractivity contribution in [3.8, 4) is 0 Å². The molecule has 0 atom stereocenters. The molecule has 2 N–H and O–H groups in total. The second kappa shape index (κ2) is 6.40. The number of pyridine rings is 1. The molecule has 1 aliphatic rings. The van der Waals surface area contributed by atoms with Gasteiger partial charge in [-0.2, -0.15) is 5.10 Å². The van der Waals surface area contributed by atoms with Gasteiger partial charge in [0.1, 0.15) is 0 Å². The Balaban J connectivity index is 1.68. The van der Waals surface area contributed by atoms with Crippen LogP contribution >= 0.6 is 0 Å². The second-order valence-corrected chi connectivity index (χ2v) is 6.05. The van der Waals surface area contributed by atoms with Gasteiger partial charge in [-0.3, -0.25) is 19.9 Å². The highest BCUT2D eigenvalue weighted by Crippen LogP contribution is 2.31. The summed E-state index contributed by atoms with van der Waals surface area (Å²) in [5.74, 6) is -0.307. The lowest BCUT2D eigenvalue weighted by atomic mass is 9.94. The molecule has 1 aromatic carbocycles. The molecule has 3 aromatic rings. The fourth-order valence-corrected chi connectivity index (χ4v) is 3.21. The molecule has 8 heteroatoms. The number of aromatic nitrogens is 2. The standard InChI is InChI=1S/C18H15N5O3/c24-18(11-6-8-19-9-7-11)22-21-16-3-1-2-13-14-10-12(23(25)26)4-5-15(14)20-17(13)16/h4-10,20H,1-3H2,(H,22,24)/b21-16+. The Morgan fingerprint density at radius 3 is 2.81 bits per heavy atom. The predicted octanol–water partition coefficient (Wildman–Crippen LogP) is 2.94. The number of rotatable bonds is 3. The highest BCUT2D eigenvalue weighted by molar-refractivity contribution is 6.07. The van der Waals surface area contributed by atoms with Crippen molar-refractivity contribution in [1.29, 1.82) is 0 Å². The van der Waals surface area contributed by atoms with Crippen LogP contribution in [0.15, 0.2) is 47.8 Å². The maximum atomic E-state index is 12.2. The van der Waals surface area contributed by atoms with E-state index in [0.717, 1.165) is 47.1 Å². The summed E-state index contributed by atoms with van der Waals surface area (Å²) >= 11 is 0. The number of aromatic amines is 1. The third-order valence-corrected chi connectivity index (χ3v) is 4.46. The normalized spacial score (nSPS) is 15.0. The number of fused-ring (bicyclic) bond motifs is 3. The first kappa shape index (κ1) is 15.9. The van der Waals surface area contributed by atoms with Gasteiger partial charge in [-0.25, -0.2) is 5.43 Å². The Labute approximate surface area is 148 Å². The molecule has 0 spiro atoms. The fourth-order valence-electron chi connectivity index (χ4n) is 3.21. The number of nitro benzene ring substituents is 1. The Morgan fingerprint density at radius 1 is 1.23 bits per heavy atom. The van der Waals surface area contributed by atoms with Crippen molar-refractivity contribution in [2.75, 3.05) is 0 Å². The maximum Gasteiger partial charge on any atom is 0.271 e. The number of nitrogens with zero attached hydrogens (tertiary/aromatic N) is 3. The van der Waals surface area contributed by atoms with Gasteiger partial charge in [0.15, 0.2) is 0 Å². The zero-order chi connectivity index (χ0) is 18.1. The van der Waals surface area contributed by atoms with E-state index in [1.807, 2.05) is 0 Å². The van der Waals surface area contributed by atoms with Gasteiger partial charge in [-0.15, -0.1) is 0 Å². The SMILES string of the molecule is O=C(N/N=C1\CCCc2c1[nH]c1ccc([N+](=O)[O-])cc21)c1ccncc1. The van der Waals surface area contributed by atoms with Gasteiger partial charge in [-0.05, 0) is 43.0 Å². The largest absolute Gasteiger partial charge is 0.353 e. The minimum Gasteiger partial charge on any atom is -0.353 e. The number of carbonyl (C=O) groups excluding carboxylic acids is 1. The lowest BCUT2D eigenvalue weighted by Gasteiger charge is -2.14. The molecule has 26 heavy (non-hydrogen) atoms. The van der Waals surface area contributed by atoms with E-state index in [4.69, 9.17) is 0 Å². The Hall–Kier alpha value is -3.55. The number of hydrazone groups is 1. The number of H-pyrrole nitrogens is 1. The van der Waals surface area contributed by atoms with E-state index >= 15 is 0 Å². The fraction of sp³-hybridized carbons (Fsp3) is 0.167. The average molecular weight is 349 g/mol. The van der Waals surface area contributed by atoms with Crippen molar-refractivity contribution in [3.05, 3.63) is 69.7 Å². The van der Waals surface area contributed by atoms with Crippen LogP contribution in [0.2, 0.25) is 0 Å². The lowest BCUT2D eigenvalue weighted by Crippen LogP contribution is -2.22. The molecule has 0 fully saturated rings. The van der Waals surface area contributed by atoms with Crippen LogP contribution in [0.3, 0.4) is 0 Å². The van der Waals surface area contributed by atoms with Crippen molar-refractivity contribution in [3.63, 3.8) is 0 Å². The highest BCUT2D eigenvalue weighted by atomic mass is 16.6. The van der Waals surface area contributed by atoms with Crippen LogP contribution in [0.5, 0.6) is 0 Å². The van der Waals surface area contributed by atoms with Crippen LogP contribution in [-0.4, -0.2) is 26.5 Å². The van der Waals surface area contributed by atoms with E-state index < -0.39 is 4.92 Å². The van der Waals surface area contributed by atoms with E-state index in [0.29, 0.717) is 5.56 Å². The summed E-state index contributed by atoms with van der Waals surface area (Å²) in [5.41, 5.74) is 6.53. The number of aryl methyl sites for hydroxylation is 1. The quantitative estimate of drug-likeness (QED) is 0.559. The minimum atomic E-state index is -0.397. The summed E-state index contributed by atoms with van der Waals surface area (Å²) in [4.78, 5) is 30.0. The van der Waals surface area contributed by atoms with Crippen LogP contribution in [0, 0.1) is 10.1 Å². The van der Waals surface area contributed by atoms with E-state index in [1.165, 1.54) is 6.07 Å². The number of hydrogen-bond donors (Lipinski definition) is 2. The van der Waals surface area contributed by atoms with Crippen molar-refractivity contribution in [2.45, 2.75) is 19.3 Å². The molecule has 8 nitrogen and oxygen atoms in total. The van der Waals surface area contributed by atoms with Crippen LogP contribution in [0.25, 0.3) is 10.9 Å². The Kier molecular flexibility index (Phi) is 3.92. The summed E-state index contributed by atoms with van der Waals surface area (Å²) in [7, 11) is 0. The number of hydrogen-bond acceptors (Lipinski definition) is 5. The minimum absolute atomic E-state index is 0.0642. The molecule has 0 saturated carbocycles. The summed E-state index contributed by atoms with van der Waals surface area (Å²) in [6.45, 7) is 0. The summed E-state index contributed by atoms with van der Waals surface area (Å²) in [6.07, 6.45) is 5.50. The van der Waals surface area contributed by atoms with Gasteiger partial charge in [0.25, 0.3) is 11.6 Å². The van der Waals surface area contributed by atoms with Crippen LogP contribution in [-0.2, 0) is 6.42 Å². The molecule has 2 heterocycles. The molecule has 1 amide bonds. The molecule has 1 aliphatic carbocycles. The Bertz CT molecular complexity index is 1040. The number of nitro groups is 1. The topological polar surface area (TPSA) is 113 Å². The first-order valence-electron chi connectivity index (χ1n) is 8.20. The van der Waals surface area contributed by atoms with Gasteiger partial charge in [0.2, 0.25) is 0 Å². The van der Waals surface area contributed by atoms with Crippen molar-refractivity contribution >= 4 is 28.2 Å². The highest BCUT2D eigenvalue weighted by Gasteiger charge is 2.22. The van der Waals surface area contributed by atoms with Crippen LogP contribution in [0.1, 0.15) is 34.5 Å². The molecular weight excluding hydrogens is 334 g/mol. The Morgan fingerprint density at radius 2 is 2.04 bits per heavy atom. The zero-order valence-corrected chi connectivity index (χ0v) is 13.7. The molecule has 0 saturated heterocycles. The zero-order valence-electron chi connectivity index (χ0n) is 13.7. The summed E-state index contributed by atoms with van der Waals surface area (Å²) < 4.78 is 0. The number of carbonyl (C=O) groups is 1. The van der Waals surface area contributed by atoms with E-state index in [2.05, 4.69) is 20.5 Å². The number of benzene rings is 1. The van der Waals surface area contributed by atoms with Gasteiger partial charge >= 0.3 is 0 Å². The molecule has 2 aromatic heterocycles. The third kappa shape index (κ3) is 2.81. The smallest absolute Gasteiger partial charge is 0.271 e. The van der Waals surface area contributed by atoms with E-state index in [-0.39, 0.29) is 11.6 Å². The third-order valence-electron chi connectivity index (χ3n) is 4.46. The summed E-state index contributed by atoms with van der Waals surface area (Å²) in [5, 5.41) is 16.2. The number of nitrogens with one attached hydrogen (secondary N) is 2. The monoisotopic (exact) mass is 349 g/mol. The van der Waals surface area contributed by atoms with E-state index in [1.54, 1.807) is 36.7 Å². The molecule has 0 bridgehead atoms. The molecule has 4 rings (SSSR count). The van der Waals surface area contributed by atoms with Crippen molar-refractivity contribution < 1.29 is 9.72 Å². The molecule has 0 aliphatic heterocycles. The van der Waals surface area contributed by atoms with Gasteiger partial charge in [-0.1, -0.05) is 0 Å². The average Bonchev–Trinajstić information content (AvgIpc) is 3.05. The second-order valence-electron chi connectivity index (χ2n) is 6.05. The molecule has 0 radical (unpaired) electrons. The van der Waals surface area contributed by atoms with E-state index in [9.17, 15) is 14.9 Å². The van der Waals surface area contributed by atoms with Crippen LogP contribution < -0.4 is 5.43 Å². The molecular formula is C18H15N5O3. The summed E-state index contributed by atoms with van der Waals surface area (Å²) in [6, 6.07) is 8.00. The van der Waals surface area contributed by atoms with Crippen LogP contribution in [0.4, 0.5) is 5.69 Å². The van der Waals surface area contributed by atoms with Gasteiger partial charge in [0.05, 0.1) is 16.3 Å². The van der Waals surface area contributed by atoms with Crippen molar-refractivity contribution in [2.24, 2.45) is 5.10 Å². The van der Waals surface area contributed by atoms with Crippen molar-refractivity contribution in [1.82, 2.24) is 15.4 Å².